The van der Waals surface area contributed by atoms with Gasteiger partial charge in [-0.3, -0.25) is 0 Å². The molecule has 0 bridgehead atoms. The van der Waals surface area contributed by atoms with Crippen LogP contribution in [-0.4, -0.2) is 28.4 Å². The van der Waals surface area contributed by atoms with Crippen molar-refractivity contribution in [3.05, 3.63) is 47.0 Å². The summed E-state index contributed by atoms with van der Waals surface area (Å²) >= 11 is 0. The Bertz CT molecular complexity index is 834. The molecule has 2 aromatic rings. The smallest absolute Gasteiger partial charge is 0.351 e. The highest BCUT2D eigenvalue weighted by molar-refractivity contribution is 5.92. The molecule has 0 fully saturated rings. The number of H-pyrrole nitrogens is 1. The van der Waals surface area contributed by atoms with Crippen molar-refractivity contribution in [1.82, 2.24) is 4.98 Å². The van der Waals surface area contributed by atoms with E-state index in [9.17, 15) is 9.90 Å². The molecule has 6 heteroatoms. The van der Waals surface area contributed by atoms with Gasteiger partial charge in [0.1, 0.15) is 0 Å². The predicted molar refractivity (Wildman–Crippen MR) is 82.4 cm³/mol. The molecular formula is C17H19N2O4+. The number of esters is 1. The zero-order valence-electron chi connectivity index (χ0n) is 13.1. The van der Waals surface area contributed by atoms with Crippen LogP contribution >= 0.6 is 0 Å². The van der Waals surface area contributed by atoms with Gasteiger partial charge in [-0.1, -0.05) is 18.2 Å². The Balaban J connectivity index is 1.85. The molecule has 23 heavy (non-hydrogen) atoms. The SMILES string of the molecule is CC1(C)OC(=O)C([C@@H]2[NH2+]CCc3c2[nH]c2ccccc32)=C(O)O1. The molecule has 4 N–H and O–H groups in total. The van der Waals surface area contributed by atoms with E-state index in [4.69, 9.17) is 9.47 Å². The van der Waals surface area contributed by atoms with E-state index in [1.54, 1.807) is 13.8 Å². The lowest BCUT2D eigenvalue weighted by molar-refractivity contribution is -0.691. The van der Waals surface area contributed by atoms with Gasteiger partial charge in [0.15, 0.2) is 11.6 Å². The number of fused-ring (bicyclic) bond motifs is 3. The van der Waals surface area contributed by atoms with Crippen LogP contribution in [0.3, 0.4) is 0 Å². The average Bonchev–Trinajstić information content (AvgIpc) is 2.85. The fourth-order valence-electron chi connectivity index (χ4n) is 3.46. The zero-order valence-corrected chi connectivity index (χ0v) is 13.1. The number of hydrogen-bond acceptors (Lipinski definition) is 4. The van der Waals surface area contributed by atoms with Crippen molar-refractivity contribution in [2.24, 2.45) is 0 Å². The summed E-state index contributed by atoms with van der Waals surface area (Å²) < 4.78 is 10.6. The van der Waals surface area contributed by atoms with Crippen molar-refractivity contribution in [2.45, 2.75) is 32.1 Å². The largest absolute Gasteiger partial charge is 0.480 e. The van der Waals surface area contributed by atoms with E-state index in [-0.39, 0.29) is 17.6 Å². The van der Waals surface area contributed by atoms with Crippen molar-refractivity contribution >= 4 is 16.9 Å². The summed E-state index contributed by atoms with van der Waals surface area (Å²) in [5.74, 6) is -2.03. The number of hydrogen-bond donors (Lipinski definition) is 3. The van der Waals surface area contributed by atoms with Crippen molar-refractivity contribution in [1.29, 1.82) is 0 Å². The number of cyclic esters (lactones) is 1. The van der Waals surface area contributed by atoms with Crippen LogP contribution in [0.1, 0.15) is 31.1 Å². The third-order valence-corrected chi connectivity index (χ3v) is 4.40. The molecule has 0 spiro atoms. The van der Waals surface area contributed by atoms with E-state index in [1.165, 1.54) is 5.56 Å². The number of ether oxygens (including phenoxy) is 2. The average molecular weight is 315 g/mol. The number of para-hydroxylation sites is 1. The number of rotatable bonds is 1. The maximum atomic E-state index is 12.4. The Morgan fingerprint density at radius 1 is 1.30 bits per heavy atom. The summed E-state index contributed by atoms with van der Waals surface area (Å²) in [6, 6.07) is 7.70. The van der Waals surface area contributed by atoms with Gasteiger partial charge in [0, 0.05) is 31.2 Å². The van der Waals surface area contributed by atoms with Gasteiger partial charge in [0.25, 0.3) is 11.7 Å². The van der Waals surface area contributed by atoms with Crippen LogP contribution in [-0.2, 0) is 20.7 Å². The normalized spacial score (nSPS) is 23.4. The second-order valence-corrected chi connectivity index (χ2v) is 6.43. The van der Waals surface area contributed by atoms with Gasteiger partial charge >= 0.3 is 5.97 Å². The van der Waals surface area contributed by atoms with Gasteiger partial charge in [-0.05, 0) is 11.6 Å². The molecule has 1 aromatic heterocycles. The summed E-state index contributed by atoms with van der Waals surface area (Å²) in [5.41, 5.74) is 3.31. The Morgan fingerprint density at radius 2 is 2.09 bits per heavy atom. The molecular weight excluding hydrogens is 296 g/mol. The lowest BCUT2D eigenvalue weighted by atomic mass is 9.94. The van der Waals surface area contributed by atoms with Gasteiger partial charge in [-0.25, -0.2) is 4.79 Å². The summed E-state index contributed by atoms with van der Waals surface area (Å²) in [6.07, 6.45) is 0.908. The van der Waals surface area contributed by atoms with Crippen LogP contribution < -0.4 is 5.32 Å². The zero-order chi connectivity index (χ0) is 16.2. The minimum absolute atomic E-state index is 0.164. The monoisotopic (exact) mass is 315 g/mol. The van der Waals surface area contributed by atoms with Crippen molar-refractivity contribution in [3.63, 3.8) is 0 Å². The molecule has 6 nitrogen and oxygen atoms in total. The molecule has 2 aliphatic heterocycles. The number of aromatic amines is 1. The number of aromatic nitrogens is 1. The molecule has 0 saturated carbocycles. The van der Waals surface area contributed by atoms with Crippen LogP contribution in [0, 0.1) is 0 Å². The first kappa shape index (κ1) is 14.1. The van der Waals surface area contributed by atoms with Crippen molar-refractivity contribution < 1.29 is 24.7 Å². The Kier molecular flexibility index (Phi) is 2.93. The molecule has 2 aliphatic rings. The van der Waals surface area contributed by atoms with Crippen LogP contribution in [0.5, 0.6) is 0 Å². The van der Waals surface area contributed by atoms with E-state index in [0.29, 0.717) is 0 Å². The first-order chi connectivity index (χ1) is 11.0. The summed E-state index contributed by atoms with van der Waals surface area (Å²) in [6.45, 7) is 4.01. The lowest BCUT2D eigenvalue weighted by Gasteiger charge is -2.33. The van der Waals surface area contributed by atoms with Crippen LogP contribution in [0.4, 0.5) is 0 Å². The fraction of sp³-hybridized carbons (Fsp3) is 0.353. The Labute approximate surface area is 133 Å². The number of aliphatic hydroxyl groups excluding tert-OH is 1. The maximum Gasteiger partial charge on any atom is 0.351 e. The highest BCUT2D eigenvalue weighted by Gasteiger charge is 2.44. The number of carbonyl (C=O) groups excluding carboxylic acids is 1. The maximum absolute atomic E-state index is 12.4. The topological polar surface area (TPSA) is 88.2 Å². The first-order valence-corrected chi connectivity index (χ1v) is 7.74. The summed E-state index contributed by atoms with van der Waals surface area (Å²) in [5, 5.41) is 13.4. The molecule has 0 radical (unpaired) electrons. The highest BCUT2D eigenvalue weighted by Crippen LogP contribution is 2.35. The van der Waals surface area contributed by atoms with Crippen LogP contribution in [0.15, 0.2) is 35.8 Å². The number of quaternary nitrogens is 1. The number of aliphatic hydroxyl groups is 1. The number of nitrogens with one attached hydrogen (secondary N) is 1. The Morgan fingerprint density at radius 3 is 2.87 bits per heavy atom. The van der Waals surface area contributed by atoms with Gasteiger partial charge in [0.05, 0.1) is 12.2 Å². The molecule has 4 rings (SSSR count). The predicted octanol–water partition coefficient (Wildman–Crippen LogP) is 1.41. The molecule has 0 saturated heterocycles. The van der Waals surface area contributed by atoms with Gasteiger partial charge in [-0.2, -0.15) is 0 Å². The van der Waals surface area contributed by atoms with E-state index < -0.39 is 11.8 Å². The summed E-state index contributed by atoms with van der Waals surface area (Å²) in [4.78, 5) is 15.8. The van der Waals surface area contributed by atoms with Crippen molar-refractivity contribution in [3.8, 4) is 0 Å². The number of carbonyl (C=O) groups is 1. The highest BCUT2D eigenvalue weighted by atomic mass is 16.8. The molecule has 0 unspecified atom stereocenters. The molecule has 120 valence electrons. The molecule has 0 aliphatic carbocycles. The third kappa shape index (κ3) is 2.17. The second kappa shape index (κ2) is 4.76. The standard InChI is InChI=1S/C17H18N2O4/c1-17(2)22-15(20)12(16(21)23-17)14-13-10(7-8-18-14)9-5-3-4-6-11(9)19-13/h3-6,14,18-20H,7-8H2,1-2H3/p+1/t14-/m0/s1. The molecule has 1 atom stereocenters. The lowest BCUT2D eigenvalue weighted by Crippen LogP contribution is -2.88. The third-order valence-electron chi connectivity index (χ3n) is 4.40. The minimum atomic E-state index is -1.15. The minimum Gasteiger partial charge on any atom is -0.480 e. The van der Waals surface area contributed by atoms with E-state index in [2.05, 4.69) is 11.1 Å². The number of nitrogens with two attached hydrogens (primary N) is 1. The van der Waals surface area contributed by atoms with Crippen LogP contribution in [0.2, 0.25) is 0 Å². The Hall–Kier alpha value is -2.47. The van der Waals surface area contributed by atoms with E-state index >= 15 is 0 Å². The molecule has 1 aromatic carbocycles. The molecule has 0 amide bonds. The van der Waals surface area contributed by atoms with E-state index in [0.717, 1.165) is 29.6 Å². The quantitative estimate of drug-likeness (QED) is 0.694. The van der Waals surface area contributed by atoms with Crippen LogP contribution in [0.25, 0.3) is 10.9 Å². The van der Waals surface area contributed by atoms with Crippen molar-refractivity contribution in [2.75, 3.05) is 6.54 Å². The van der Waals surface area contributed by atoms with E-state index in [1.807, 2.05) is 23.5 Å². The van der Waals surface area contributed by atoms with Gasteiger partial charge < -0.3 is 24.9 Å². The number of benzene rings is 1. The fourth-order valence-corrected chi connectivity index (χ4v) is 3.46. The van der Waals surface area contributed by atoms with Gasteiger partial charge in [0.2, 0.25) is 0 Å². The molecule has 3 heterocycles. The summed E-state index contributed by atoms with van der Waals surface area (Å²) in [7, 11) is 0. The van der Waals surface area contributed by atoms with Gasteiger partial charge in [-0.15, -0.1) is 0 Å². The second-order valence-electron chi connectivity index (χ2n) is 6.43. The first-order valence-electron chi connectivity index (χ1n) is 7.74.